The van der Waals surface area contributed by atoms with E-state index >= 15 is 0 Å². The summed E-state index contributed by atoms with van der Waals surface area (Å²) in [5.41, 5.74) is 4.43. The van der Waals surface area contributed by atoms with Crippen LogP contribution < -0.4 is 16.0 Å². The normalized spacial score (nSPS) is 23.6. The van der Waals surface area contributed by atoms with Crippen LogP contribution in [0.25, 0.3) is 0 Å². The van der Waals surface area contributed by atoms with Crippen LogP contribution in [0.5, 0.6) is 0 Å². The average molecular weight is 349 g/mol. The Morgan fingerprint density at radius 1 is 1.08 bits per heavy atom. The average Bonchev–Trinajstić information content (AvgIpc) is 2.95. The molecule has 3 N–H and O–H groups in total. The molecule has 0 bridgehead atoms. The molecule has 26 heavy (non-hydrogen) atoms. The highest BCUT2D eigenvalue weighted by atomic mass is 16.2. The van der Waals surface area contributed by atoms with Crippen LogP contribution in [0.3, 0.4) is 0 Å². The van der Waals surface area contributed by atoms with Gasteiger partial charge in [-0.05, 0) is 35.1 Å². The fraction of sp³-hybridized carbons (Fsp3) is 0.333. The van der Waals surface area contributed by atoms with Gasteiger partial charge in [-0.2, -0.15) is 0 Å². The Bertz CT molecular complexity index is 849. The van der Waals surface area contributed by atoms with Gasteiger partial charge in [0.05, 0.1) is 6.04 Å². The van der Waals surface area contributed by atoms with E-state index in [0.29, 0.717) is 18.9 Å². The van der Waals surface area contributed by atoms with Crippen molar-refractivity contribution in [3.05, 3.63) is 65.2 Å². The largest absolute Gasteiger partial charge is 0.338 e. The van der Waals surface area contributed by atoms with Crippen LogP contribution in [0.15, 0.2) is 48.5 Å². The second-order valence-electron chi connectivity index (χ2n) is 7.25. The molecule has 2 aliphatic rings. The van der Waals surface area contributed by atoms with Crippen LogP contribution >= 0.6 is 0 Å². The second-order valence-corrected chi connectivity index (χ2v) is 7.25. The Labute approximate surface area is 153 Å². The van der Waals surface area contributed by atoms with E-state index < -0.39 is 0 Å². The van der Waals surface area contributed by atoms with E-state index in [2.05, 4.69) is 35.0 Å². The molecule has 0 aromatic heterocycles. The first-order valence-electron chi connectivity index (χ1n) is 9.13. The second kappa shape index (κ2) is 6.83. The predicted molar refractivity (Wildman–Crippen MR) is 101 cm³/mol. The van der Waals surface area contributed by atoms with Crippen LogP contribution in [0.1, 0.15) is 42.0 Å². The van der Waals surface area contributed by atoms with Gasteiger partial charge < -0.3 is 16.0 Å². The number of hydrogen-bond acceptors (Lipinski definition) is 2. The van der Waals surface area contributed by atoms with Gasteiger partial charge in [0.1, 0.15) is 0 Å². The van der Waals surface area contributed by atoms with E-state index in [1.54, 1.807) is 0 Å². The summed E-state index contributed by atoms with van der Waals surface area (Å²) in [5, 5.41) is 8.96. The molecule has 0 fully saturated rings. The molecule has 4 rings (SSSR count). The number of nitrogens with one attached hydrogen (secondary N) is 3. The van der Waals surface area contributed by atoms with Crippen molar-refractivity contribution in [2.45, 2.75) is 31.7 Å². The number of carbonyl (C=O) groups is 2. The fourth-order valence-electron chi connectivity index (χ4n) is 4.11. The third kappa shape index (κ3) is 3.17. The predicted octanol–water partition coefficient (Wildman–Crippen LogP) is 3.35. The summed E-state index contributed by atoms with van der Waals surface area (Å²) in [6.45, 7) is 2.60. The lowest BCUT2D eigenvalue weighted by molar-refractivity contribution is -0.116. The third-order valence-electron chi connectivity index (χ3n) is 5.40. The van der Waals surface area contributed by atoms with Crippen molar-refractivity contribution in [3.8, 4) is 0 Å². The van der Waals surface area contributed by atoms with Crippen molar-refractivity contribution in [1.82, 2.24) is 10.6 Å². The number of amides is 3. The van der Waals surface area contributed by atoms with Gasteiger partial charge in [0.2, 0.25) is 5.91 Å². The number of hydrogen-bond donors (Lipinski definition) is 3. The Kier molecular flexibility index (Phi) is 4.37. The SMILES string of the molecule is C[C@@H]1Cc2ccccc2[C@H]1NC(=O)NC[C@@H]1CC(=O)Nc2ccccc21. The standard InChI is InChI=1S/C21H23N3O2/c1-13-10-14-6-2-3-8-17(14)20(13)24-21(26)22-12-15-11-19(25)23-18-9-5-4-7-16(15)18/h2-9,13,15,20H,10-12H2,1H3,(H,23,25)(H2,22,24,26)/t13-,15+,20+/m1/s1. The lowest BCUT2D eigenvalue weighted by atomic mass is 9.90. The molecule has 2 aromatic carbocycles. The lowest BCUT2D eigenvalue weighted by Gasteiger charge is -2.26. The number of carbonyl (C=O) groups excluding carboxylic acids is 2. The number of rotatable bonds is 3. The molecular formula is C21H23N3O2. The summed E-state index contributed by atoms with van der Waals surface area (Å²) in [4.78, 5) is 24.4. The Morgan fingerprint density at radius 3 is 2.65 bits per heavy atom. The molecule has 0 spiro atoms. The molecule has 134 valence electrons. The topological polar surface area (TPSA) is 70.2 Å². The molecular weight excluding hydrogens is 326 g/mol. The summed E-state index contributed by atoms with van der Waals surface area (Å²) in [6.07, 6.45) is 1.37. The smallest absolute Gasteiger partial charge is 0.315 e. The van der Waals surface area contributed by atoms with Gasteiger partial charge in [-0.1, -0.05) is 49.4 Å². The first-order valence-corrected chi connectivity index (χ1v) is 9.13. The van der Waals surface area contributed by atoms with E-state index in [4.69, 9.17) is 0 Å². The molecule has 1 aliphatic carbocycles. The molecule has 5 nitrogen and oxygen atoms in total. The number of urea groups is 1. The highest BCUT2D eigenvalue weighted by molar-refractivity contribution is 5.94. The highest BCUT2D eigenvalue weighted by Crippen LogP contribution is 2.35. The van der Waals surface area contributed by atoms with Gasteiger partial charge in [0.25, 0.3) is 0 Å². The van der Waals surface area contributed by atoms with Crippen molar-refractivity contribution in [2.24, 2.45) is 5.92 Å². The van der Waals surface area contributed by atoms with Crippen molar-refractivity contribution >= 4 is 17.6 Å². The van der Waals surface area contributed by atoms with Crippen LogP contribution in [-0.4, -0.2) is 18.5 Å². The molecule has 1 heterocycles. The minimum absolute atomic E-state index is 0.000937. The zero-order valence-corrected chi connectivity index (χ0v) is 14.8. The highest BCUT2D eigenvalue weighted by Gasteiger charge is 2.30. The molecule has 0 saturated carbocycles. The zero-order valence-electron chi connectivity index (χ0n) is 14.8. The minimum Gasteiger partial charge on any atom is -0.338 e. The summed E-state index contributed by atoms with van der Waals surface area (Å²) in [6, 6.07) is 15.9. The van der Waals surface area contributed by atoms with Crippen LogP contribution in [0.4, 0.5) is 10.5 Å². The zero-order chi connectivity index (χ0) is 18.1. The molecule has 0 radical (unpaired) electrons. The Hall–Kier alpha value is -2.82. The van der Waals surface area contributed by atoms with Gasteiger partial charge in [-0.3, -0.25) is 4.79 Å². The van der Waals surface area contributed by atoms with Crippen molar-refractivity contribution in [1.29, 1.82) is 0 Å². The molecule has 3 amide bonds. The van der Waals surface area contributed by atoms with Gasteiger partial charge >= 0.3 is 6.03 Å². The quantitative estimate of drug-likeness (QED) is 0.795. The van der Waals surface area contributed by atoms with Crippen LogP contribution in [-0.2, 0) is 11.2 Å². The summed E-state index contributed by atoms with van der Waals surface area (Å²) >= 11 is 0. The van der Waals surface area contributed by atoms with E-state index in [1.807, 2.05) is 36.4 Å². The molecule has 3 atom stereocenters. The lowest BCUT2D eigenvalue weighted by Crippen LogP contribution is -2.41. The van der Waals surface area contributed by atoms with Crippen molar-refractivity contribution in [2.75, 3.05) is 11.9 Å². The molecule has 5 heteroatoms. The minimum atomic E-state index is -0.179. The maximum absolute atomic E-state index is 12.5. The number of para-hydroxylation sites is 1. The molecule has 0 unspecified atom stereocenters. The first kappa shape index (κ1) is 16.6. The van der Waals surface area contributed by atoms with E-state index in [0.717, 1.165) is 17.7 Å². The summed E-state index contributed by atoms with van der Waals surface area (Å²) in [5.74, 6) is 0.368. The van der Waals surface area contributed by atoms with Crippen LogP contribution in [0, 0.1) is 5.92 Å². The van der Waals surface area contributed by atoms with Gasteiger partial charge in [0.15, 0.2) is 0 Å². The summed E-state index contributed by atoms with van der Waals surface area (Å²) < 4.78 is 0. The fourth-order valence-corrected chi connectivity index (χ4v) is 4.11. The Morgan fingerprint density at radius 2 is 1.81 bits per heavy atom. The molecule has 0 saturated heterocycles. The monoisotopic (exact) mass is 349 g/mol. The van der Waals surface area contributed by atoms with Crippen molar-refractivity contribution in [3.63, 3.8) is 0 Å². The summed E-state index contributed by atoms with van der Waals surface area (Å²) in [7, 11) is 0. The van der Waals surface area contributed by atoms with Gasteiger partial charge in [-0.15, -0.1) is 0 Å². The molecule has 1 aliphatic heterocycles. The van der Waals surface area contributed by atoms with Crippen molar-refractivity contribution < 1.29 is 9.59 Å². The number of anilines is 1. The van der Waals surface area contributed by atoms with E-state index in [9.17, 15) is 9.59 Å². The molecule has 2 aromatic rings. The Balaban J connectivity index is 1.40. The maximum Gasteiger partial charge on any atom is 0.315 e. The van der Waals surface area contributed by atoms with Crippen LogP contribution in [0.2, 0.25) is 0 Å². The number of benzene rings is 2. The van der Waals surface area contributed by atoms with E-state index in [1.165, 1.54) is 11.1 Å². The van der Waals surface area contributed by atoms with Gasteiger partial charge in [0, 0.05) is 24.6 Å². The van der Waals surface area contributed by atoms with E-state index in [-0.39, 0.29) is 23.9 Å². The number of fused-ring (bicyclic) bond motifs is 2. The van der Waals surface area contributed by atoms with Gasteiger partial charge in [-0.25, -0.2) is 4.79 Å². The first-order chi connectivity index (χ1) is 12.6. The maximum atomic E-state index is 12.5. The third-order valence-corrected chi connectivity index (χ3v) is 5.40.